The van der Waals surface area contributed by atoms with E-state index in [2.05, 4.69) is 15.4 Å². The fourth-order valence-electron chi connectivity index (χ4n) is 5.70. The number of nitrogens with zero attached hydrogens (tertiary/aromatic N) is 1. The van der Waals surface area contributed by atoms with E-state index in [-0.39, 0.29) is 36.4 Å². The molecule has 1 fully saturated rings. The zero-order chi connectivity index (χ0) is 44.3. The van der Waals surface area contributed by atoms with Gasteiger partial charge in [-0.1, -0.05) is 6.07 Å². The van der Waals surface area contributed by atoms with Crippen LogP contribution in [0.1, 0.15) is 40.0 Å². The average Bonchev–Trinajstić information content (AvgIpc) is 3.53. The minimum Gasteiger partial charge on any atom is -0.469 e. The van der Waals surface area contributed by atoms with E-state index in [0.717, 1.165) is 4.90 Å². The van der Waals surface area contributed by atoms with Gasteiger partial charge in [0.2, 0.25) is 11.8 Å². The number of hydrogen-bond donors (Lipinski definition) is 2. The Labute approximate surface area is 362 Å². The molecular weight excluding hydrogens is 822 g/mol. The van der Waals surface area contributed by atoms with Crippen molar-refractivity contribution in [2.45, 2.75) is 25.3 Å². The number of carbonyl (C=O) groups excluding carboxylic acids is 5. The number of amides is 4. The fraction of sp³-hybridized carbons (Fsp3) is 0.732. The summed E-state index contributed by atoms with van der Waals surface area (Å²) in [5.74, 6) is -2.48. The number of benzene rings is 1. The van der Waals surface area contributed by atoms with Crippen molar-refractivity contribution in [3.63, 3.8) is 0 Å². The Bertz CT molecular complexity index is 1420. The third kappa shape index (κ3) is 22.6. The van der Waals surface area contributed by atoms with E-state index in [4.69, 9.17) is 56.8 Å². The first kappa shape index (κ1) is 52.6. The summed E-state index contributed by atoms with van der Waals surface area (Å²) in [5, 5.41) is 5.33. The van der Waals surface area contributed by atoms with Crippen molar-refractivity contribution in [3.8, 4) is 0 Å². The zero-order valence-electron chi connectivity index (χ0n) is 35.9. The number of anilines is 1. The minimum absolute atomic E-state index is 0.0615. The Hall–Kier alpha value is -3.71. The number of carbonyl (C=O) groups is 5. The molecule has 2 N–H and O–H groups in total. The van der Waals surface area contributed by atoms with Crippen LogP contribution in [0, 0.1) is 0 Å². The largest absolute Gasteiger partial charge is 0.469 e. The predicted molar refractivity (Wildman–Crippen MR) is 218 cm³/mol. The maximum Gasteiger partial charge on any atom is 0.307 e. The smallest absolute Gasteiger partial charge is 0.307 e. The van der Waals surface area contributed by atoms with Crippen LogP contribution in [0.5, 0.6) is 0 Å². The van der Waals surface area contributed by atoms with E-state index in [1.165, 1.54) is 7.11 Å². The standard InChI is InChI=1S/C41H65N3O18/c1-50-37(46)7-9-51-11-13-53-15-17-55-19-21-57-23-25-59-27-29-61-31-32-62-30-28-60-26-24-58-22-20-56-18-16-54-14-12-52-10-8-42-34-4-2-3-33-38(34)41(49)44(40(33)48)35-5-6-36(45)43-39(35)47/h2-4,35,42H,5-32H2,1H3,(H,43,45,47). The molecule has 0 aromatic heterocycles. The van der Waals surface area contributed by atoms with Gasteiger partial charge >= 0.3 is 5.97 Å². The molecule has 21 heteroatoms. The normalized spacial score (nSPS) is 15.0. The van der Waals surface area contributed by atoms with E-state index < -0.39 is 29.7 Å². The summed E-state index contributed by atoms with van der Waals surface area (Å²) >= 11 is 0. The van der Waals surface area contributed by atoms with Crippen LogP contribution in [-0.2, 0) is 76.0 Å². The molecule has 2 aliphatic heterocycles. The molecular formula is C41H65N3O18. The molecule has 4 amide bonds. The van der Waals surface area contributed by atoms with Gasteiger partial charge in [-0.3, -0.25) is 34.2 Å². The van der Waals surface area contributed by atoms with E-state index >= 15 is 0 Å². The summed E-state index contributed by atoms with van der Waals surface area (Å²) in [6.45, 7) is 10.8. The molecule has 0 aliphatic carbocycles. The van der Waals surface area contributed by atoms with E-state index in [9.17, 15) is 24.0 Å². The number of methoxy groups -OCH3 is 1. The average molecular weight is 888 g/mol. The molecule has 21 nitrogen and oxygen atoms in total. The molecule has 2 heterocycles. The maximum absolute atomic E-state index is 13.2. The molecule has 62 heavy (non-hydrogen) atoms. The monoisotopic (exact) mass is 887 g/mol. The number of rotatable bonds is 41. The van der Waals surface area contributed by atoms with Crippen molar-refractivity contribution in [2.75, 3.05) is 178 Å². The van der Waals surface area contributed by atoms with Gasteiger partial charge in [0.25, 0.3) is 11.8 Å². The van der Waals surface area contributed by atoms with Crippen LogP contribution >= 0.6 is 0 Å². The number of esters is 1. The Morgan fingerprint density at radius 1 is 0.565 bits per heavy atom. The maximum atomic E-state index is 13.2. The molecule has 0 radical (unpaired) electrons. The number of ether oxygens (including phenoxy) is 13. The van der Waals surface area contributed by atoms with Crippen molar-refractivity contribution >= 4 is 35.3 Å². The minimum atomic E-state index is -1.02. The molecule has 1 aromatic carbocycles. The molecule has 1 unspecified atom stereocenters. The highest BCUT2D eigenvalue weighted by atomic mass is 16.6. The second-order valence-corrected chi connectivity index (χ2v) is 13.3. The summed E-state index contributed by atoms with van der Waals surface area (Å²) in [6.07, 6.45) is 0.393. The van der Waals surface area contributed by atoms with Crippen molar-refractivity contribution < 1.29 is 85.6 Å². The first-order chi connectivity index (χ1) is 30.4. The summed E-state index contributed by atoms with van der Waals surface area (Å²) in [5.41, 5.74) is 0.893. The van der Waals surface area contributed by atoms with Gasteiger partial charge in [-0.2, -0.15) is 0 Å². The number of imide groups is 2. The third-order valence-electron chi connectivity index (χ3n) is 8.80. The first-order valence-corrected chi connectivity index (χ1v) is 21.0. The van der Waals surface area contributed by atoms with Gasteiger partial charge < -0.3 is 66.9 Å². The zero-order valence-corrected chi connectivity index (χ0v) is 35.9. The summed E-state index contributed by atoms with van der Waals surface area (Å²) in [7, 11) is 1.35. The van der Waals surface area contributed by atoms with E-state index in [1.807, 2.05) is 0 Å². The van der Waals surface area contributed by atoms with Crippen LogP contribution in [-0.4, -0.2) is 213 Å². The van der Waals surface area contributed by atoms with Crippen molar-refractivity contribution in [1.82, 2.24) is 10.2 Å². The number of piperidine rings is 1. The molecule has 0 saturated carbocycles. The van der Waals surface area contributed by atoms with Crippen molar-refractivity contribution in [1.29, 1.82) is 0 Å². The van der Waals surface area contributed by atoms with E-state index in [1.54, 1.807) is 18.2 Å². The highest BCUT2D eigenvalue weighted by molar-refractivity contribution is 6.25. The van der Waals surface area contributed by atoms with Crippen LogP contribution in [0.25, 0.3) is 0 Å². The topological polar surface area (TPSA) is 233 Å². The molecule has 0 bridgehead atoms. The van der Waals surface area contributed by atoms with Crippen LogP contribution in [0.15, 0.2) is 18.2 Å². The lowest BCUT2D eigenvalue weighted by Crippen LogP contribution is -2.54. The van der Waals surface area contributed by atoms with Gasteiger partial charge in [0, 0.05) is 18.7 Å². The fourth-order valence-corrected chi connectivity index (χ4v) is 5.70. The third-order valence-corrected chi connectivity index (χ3v) is 8.80. The molecule has 1 saturated heterocycles. The van der Waals surface area contributed by atoms with E-state index in [0.29, 0.717) is 171 Å². The second kappa shape index (κ2) is 34.7. The van der Waals surface area contributed by atoms with Gasteiger partial charge in [0.05, 0.1) is 183 Å². The highest BCUT2D eigenvalue weighted by Crippen LogP contribution is 2.32. The van der Waals surface area contributed by atoms with Gasteiger partial charge in [-0.25, -0.2) is 0 Å². The van der Waals surface area contributed by atoms with Crippen LogP contribution < -0.4 is 10.6 Å². The van der Waals surface area contributed by atoms with Gasteiger partial charge in [-0.15, -0.1) is 0 Å². The van der Waals surface area contributed by atoms with Crippen LogP contribution in [0.4, 0.5) is 5.69 Å². The summed E-state index contributed by atoms with van der Waals surface area (Å²) < 4.78 is 70.1. The first-order valence-electron chi connectivity index (χ1n) is 21.0. The number of fused-ring (bicyclic) bond motifs is 1. The Morgan fingerprint density at radius 3 is 1.34 bits per heavy atom. The summed E-state index contributed by atoms with van der Waals surface area (Å²) in [4.78, 5) is 61.9. The second-order valence-electron chi connectivity index (χ2n) is 13.3. The molecule has 1 aromatic rings. The van der Waals surface area contributed by atoms with Crippen molar-refractivity contribution in [2.24, 2.45) is 0 Å². The SMILES string of the molecule is COC(=O)CCOCCOCCOCCOCCOCCOCCOCCOCCOCCOCCOCCOCCNc1cccc2c1C(=O)N(C1CCC(=O)NC1=O)C2=O. The lowest BCUT2D eigenvalue weighted by molar-refractivity contribution is -0.142. The van der Waals surface area contributed by atoms with Crippen LogP contribution in [0.2, 0.25) is 0 Å². The van der Waals surface area contributed by atoms with Gasteiger partial charge in [0.15, 0.2) is 0 Å². The molecule has 352 valence electrons. The molecule has 0 spiro atoms. The molecule has 1 atom stereocenters. The van der Waals surface area contributed by atoms with Gasteiger partial charge in [0.1, 0.15) is 6.04 Å². The lowest BCUT2D eigenvalue weighted by atomic mass is 10.0. The Balaban J connectivity index is 0.966. The molecule has 3 rings (SSSR count). The summed E-state index contributed by atoms with van der Waals surface area (Å²) in [6, 6.07) is 3.89. The van der Waals surface area contributed by atoms with Crippen molar-refractivity contribution in [3.05, 3.63) is 29.3 Å². The van der Waals surface area contributed by atoms with Crippen LogP contribution in [0.3, 0.4) is 0 Å². The quantitative estimate of drug-likeness (QED) is 0.0510. The predicted octanol–water partition coefficient (Wildman–Crippen LogP) is 0.262. The molecule has 2 aliphatic rings. The Kier molecular flexibility index (Phi) is 29.5. The number of hydrogen-bond acceptors (Lipinski definition) is 19. The highest BCUT2D eigenvalue weighted by Gasteiger charge is 2.45. The number of nitrogens with one attached hydrogen (secondary N) is 2. The lowest BCUT2D eigenvalue weighted by Gasteiger charge is -2.27. The van der Waals surface area contributed by atoms with Gasteiger partial charge in [-0.05, 0) is 18.6 Å². The Morgan fingerprint density at radius 2 is 0.952 bits per heavy atom.